The van der Waals surface area contributed by atoms with Crippen molar-refractivity contribution in [2.24, 2.45) is 0 Å². The van der Waals surface area contributed by atoms with Crippen LogP contribution in [-0.2, 0) is 0 Å². The summed E-state index contributed by atoms with van der Waals surface area (Å²) in [5.74, 6) is 0. The Kier molecular flexibility index (Phi) is 7.92. The third-order valence-electron chi connectivity index (χ3n) is 9.87. The van der Waals surface area contributed by atoms with E-state index in [-0.39, 0.29) is 0 Å². The average molecular weight is 650 g/mol. The smallest absolute Gasteiger partial charge is 0.0467 e. The molecule has 9 aromatic carbocycles. The van der Waals surface area contributed by atoms with Gasteiger partial charge in [0.2, 0.25) is 0 Å². The highest BCUT2D eigenvalue weighted by molar-refractivity contribution is 6.04. The Labute approximate surface area is 299 Å². The molecule has 0 aromatic heterocycles. The van der Waals surface area contributed by atoms with Crippen molar-refractivity contribution in [2.45, 2.75) is 0 Å². The molecule has 1 nitrogen and oxygen atoms in total. The van der Waals surface area contributed by atoms with Crippen LogP contribution in [0.3, 0.4) is 0 Å². The predicted octanol–water partition coefficient (Wildman–Crippen LogP) is 14.1. The lowest BCUT2D eigenvalue weighted by Crippen LogP contribution is -2.10. The van der Waals surface area contributed by atoms with Gasteiger partial charge in [0.25, 0.3) is 0 Å². The number of anilines is 3. The van der Waals surface area contributed by atoms with Gasteiger partial charge in [-0.3, -0.25) is 0 Å². The maximum atomic E-state index is 2.36. The van der Waals surface area contributed by atoms with E-state index in [0.717, 1.165) is 17.1 Å². The summed E-state index contributed by atoms with van der Waals surface area (Å²) in [7, 11) is 0. The molecule has 0 spiro atoms. The molecule has 0 heterocycles. The number of rotatable bonds is 7. The van der Waals surface area contributed by atoms with Crippen LogP contribution in [0.15, 0.2) is 212 Å². The second-order valence-corrected chi connectivity index (χ2v) is 12.9. The molecule has 0 saturated carbocycles. The summed E-state index contributed by atoms with van der Waals surface area (Å²) in [6.45, 7) is 0. The van der Waals surface area contributed by atoms with Gasteiger partial charge in [-0.15, -0.1) is 0 Å². The second-order valence-electron chi connectivity index (χ2n) is 12.9. The SMILES string of the molecule is c1ccc(-c2cccc(N(c3ccc(-c4ccc5ccccc5c4-c4ccccc4)cc3)c3ccc(-c4cccc5ccccc45)cc3)c2)cc1. The molecule has 0 amide bonds. The maximum absolute atomic E-state index is 2.36. The molecular weight excluding hydrogens is 615 g/mol. The van der Waals surface area contributed by atoms with E-state index in [0.29, 0.717) is 0 Å². The highest BCUT2D eigenvalue weighted by Crippen LogP contribution is 2.42. The first kappa shape index (κ1) is 30.4. The van der Waals surface area contributed by atoms with E-state index < -0.39 is 0 Å². The van der Waals surface area contributed by atoms with Crippen LogP contribution in [-0.4, -0.2) is 0 Å². The van der Waals surface area contributed by atoms with Crippen LogP contribution >= 0.6 is 0 Å². The minimum absolute atomic E-state index is 1.10. The summed E-state index contributed by atoms with van der Waals surface area (Å²) in [4.78, 5) is 2.36. The molecule has 0 radical (unpaired) electrons. The Morgan fingerprint density at radius 2 is 0.765 bits per heavy atom. The van der Waals surface area contributed by atoms with Crippen LogP contribution in [0.1, 0.15) is 0 Å². The van der Waals surface area contributed by atoms with Crippen molar-refractivity contribution in [1.82, 2.24) is 0 Å². The van der Waals surface area contributed by atoms with E-state index in [1.165, 1.54) is 66.1 Å². The number of hydrogen-bond donors (Lipinski definition) is 0. The molecule has 0 aliphatic heterocycles. The molecule has 240 valence electrons. The van der Waals surface area contributed by atoms with Crippen molar-refractivity contribution >= 4 is 38.6 Å². The van der Waals surface area contributed by atoms with Gasteiger partial charge in [0.05, 0.1) is 0 Å². The molecule has 0 fully saturated rings. The first-order valence-electron chi connectivity index (χ1n) is 17.5. The lowest BCUT2D eigenvalue weighted by atomic mass is 9.90. The summed E-state index contributed by atoms with van der Waals surface area (Å²) in [6.07, 6.45) is 0. The predicted molar refractivity (Wildman–Crippen MR) is 218 cm³/mol. The van der Waals surface area contributed by atoms with Crippen molar-refractivity contribution in [3.8, 4) is 44.5 Å². The fraction of sp³-hybridized carbons (Fsp3) is 0. The van der Waals surface area contributed by atoms with Gasteiger partial charge in [-0.25, -0.2) is 0 Å². The maximum Gasteiger partial charge on any atom is 0.0467 e. The molecule has 0 bridgehead atoms. The highest BCUT2D eigenvalue weighted by atomic mass is 15.1. The first-order valence-corrected chi connectivity index (χ1v) is 17.5. The van der Waals surface area contributed by atoms with Gasteiger partial charge < -0.3 is 4.90 Å². The van der Waals surface area contributed by atoms with E-state index >= 15 is 0 Å². The zero-order valence-electron chi connectivity index (χ0n) is 28.2. The Morgan fingerprint density at radius 3 is 1.45 bits per heavy atom. The quantitative estimate of drug-likeness (QED) is 0.166. The lowest BCUT2D eigenvalue weighted by Gasteiger charge is -2.26. The molecular formula is C50H35N. The minimum atomic E-state index is 1.10. The molecule has 0 unspecified atom stereocenters. The molecule has 0 aliphatic rings. The van der Waals surface area contributed by atoms with Gasteiger partial charge in [-0.2, -0.15) is 0 Å². The Bertz CT molecular complexity index is 2600. The lowest BCUT2D eigenvalue weighted by molar-refractivity contribution is 1.28. The van der Waals surface area contributed by atoms with Crippen molar-refractivity contribution < 1.29 is 0 Å². The van der Waals surface area contributed by atoms with E-state index in [4.69, 9.17) is 0 Å². The summed E-state index contributed by atoms with van der Waals surface area (Å²) in [6, 6.07) is 76.6. The van der Waals surface area contributed by atoms with Crippen molar-refractivity contribution in [2.75, 3.05) is 4.90 Å². The third kappa shape index (κ3) is 5.86. The molecule has 51 heavy (non-hydrogen) atoms. The van der Waals surface area contributed by atoms with Crippen LogP contribution in [0.2, 0.25) is 0 Å². The van der Waals surface area contributed by atoms with Gasteiger partial charge in [-0.05, 0) is 102 Å². The van der Waals surface area contributed by atoms with Gasteiger partial charge in [0.15, 0.2) is 0 Å². The zero-order chi connectivity index (χ0) is 34.0. The van der Waals surface area contributed by atoms with Crippen molar-refractivity contribution in [3.05, 3.63) is 212 Å². The highest BCUT2D eigenvalue weighted by Gasteiger charge is 2.16. The van der Waals surface area contributed by atoms with Crippen LogP contribution in [0.25, 0.3) is 66.1 Å². The van der Waals surface area contributed by atoms with Crippen LogP contribution in [0, 0.1) is 0 Å². The molecule has 9 rings (SSSR count). The van der Waals surface area contributed by atoms with Crippen LogP contribution in [0.5, 0.6) is 0 Å². The van der Waals surface area contributed by atoms with Crippen LogP contribution in [0.4, 0.5) is 17.1 Å². The fourth-order valence-corrected chi connectivity index (χ4v) is 7.39. The summed E-state index contributed by atoms with van der Waals surface area (Å²) < 4.78 is 0. The van der Waals surface area contributed by atoms with Gasteiger partial charge in [0, 0.05) is 17.1 Å². The molecule has 0 atom stereocenters. The number of hydrogen-bond acceptors (Lipinski definition) is 1. The first-order chi connectivity index (χ1) is 25.3. The number of nitrogens with zero attached hydrogens (tertiary/aromatic N) is 1. The summed E-state index contributed by atoms with van der Waals surface area (Å²) >= 11 is 0. The Balaban J connectivity index is 1.16. The van der Waals surface area contributed by atoms with E-state index in [1.807, 2.05) is 0 Å². The van der Waals surface area contributed by atoms with Gasteiger partial charge >= 0.3 is 0 Å². The van der Waals surface area contributed by atoms with E-state index in [1.54, 1.807) is 0 Å². The fourth-order valence-electron chi connectivity index (χ4n) is 7.39. The monoisotopic (exact) mass is 649 g/mol. The van der Waals surface area contributed by atoms with Crippen molar-refractivity contribution in [1.29, 1.82) is 0 Å². The largest absolute Gasteiger partial charge is 0.310 e. The van der Waals surface area contributed by atoms with E-state index in [2.05, 4.69) is 217 Å². The van der Waals surface area contributed by atoms with E-state index in [9.17, 15) is 0 Å². The third-order valence-corrected chi connectivity index (χ3v) is 9.87. The van der Waals surface area contributed by atoms with Gasteiger partial charge in [0.1, 0.15) is 0 Å². The minimum Gasteiger partial charge on any atom is -0.310 e. The normalized spacial score (nSPS) is 11.1. The van der Waals surface area contributed by atoms with Crippen molar-refractivity contribution in [3.63, 3.8) is 0 Å². The zero-order valence-corrected chi connectivity index (χ0v) is 28.2. The summed E-state index contributed by atoms with van der Waals surface area (Å²) in [5, 5.41) is 5.02. The summed E-state index contributed by atoms with van der Waals surface area (Å²) in [5.41, 5.74) is 13.0. The topological polar surface area (TPSA) is 3.24 Å². The average Bonchev–Trinajstić information content (AvgIpc) is 3.22. The Hall–Kier alpha value is -6.70. The van der Waals surface area contributed by atoms with Crippen LogP contribution < -0.4 is 4.90 Å². The number of benzene rings is 9. The standard InChI is InChI=1S/C50H35N/c1-3-13-36(14-4-1)42-20-11-21-45(35-42)51(43-30-25-39(26-31-43)47-24-12-19-37-15-7-9-22-46(37)47)44-32-27-40(28-33-44)49-34-29-38-16-8-10-23-48(38)50(49)41-17-5-2-6-18-41/h1-35H. The molecule has 0 aliphatic carbocycles. The molecule has 1 heteroatoms. The molecule has 9 aromatic rings. The molecule has 0 N–H and O–H groups in total. The number of fused-ring (bicyclic) bond motifs is 2. The second kappa shape index (κ2) is 13.3. The van der Waals surface area contributed by atoms with Gasteiger partial charge in [-0.1, -0.05) is 176 Å². The molecule has 0 saturated heterocycles. The Morgan fingerprint density at radius 1 is 0.255 bits per heavy atom.